The van der Waals surface area contributed by atoms with Crippen LogP contribution in [-0.2, 0) is 6.18 Å². The Morgan fingerprint density at radius 1 is 1.00 bits per heavy atom. The van der Waals surface area contributed by atoms with Crippen LogP contribution in [-0.4, -0.2) is 28.6 Å². The number of alkyl halides is 3. The van der Waals surface area contributed by atoms with Gasteiger partial charge in [-0.05, 0) is 65.4 Å². The van der Waals surface area contributed by atoms with Gasteiger partial charge in [0.1, 0.15) is 18.1 Å². The van der Waals surface area contributed by atoms with Gasteiger partial charge in [-0.2, -0.15) is 18.4 Å². The van der Waals surface area contributed by atoms with E-state index in [0.29, 0.717) is 11.8 Å². The van der Waals surface area contributed by atoms with E-state index in [1.54, 1.807) is 12.4 Å². The zero-order valence-electron chi connectivity index (χ0n) is 20.4. The monoisotopic (exact) mass is 514 g/mol. The van der Waals surface area contributed by atoms with Gasteiger partial charge in [0.25, 0.3) is 0 Å². The molecule has 0 radical (unpaired) electrons. The van der Waals surface area contributed by atoms with Crippen LogP contribution in [0.25, 0.3) is 32.8 Å². The summed E-state index contributed by atoms with van der Waals surface area (Å²) in [6.45, 7) is 2.11. The number of hydrogen-bond donors (Lipinski definition) is 2. The minimum absolute atomic E-state index is 0.108. The van der Waals surface area contributed by atoms with Gasteiger partial charge in [-0.3, -0.25) is 0 Å². The molecule has 3 aromatic carbocycles. The molecule has 2 aromatic heterocycles. The average molecular weight is 515 g/mol. The predicted octanol–water partition coefficient (Wildman–Crippen LogP) is 6.86. The molecule has 0 unspecified atom stereocenters. The molecule has 0 spiro atoms. The third-order valence-corrected chi connectivity index (χ3v) is 6.12. The number of hydrogen-bond acceptors (Lipinski definition) is 7. The lowest BCUT2D eigenvalue weighted by Crippen LogP contribution is -2.08. The second-order valence-corrected chi connectivity index (χ2v) is 8.53. The Morgan fingerprint density at radius 3 is 2.61 bits per heavy atom. The second kappa shape index (κ2) is 9.86. The minimum atomic E-state index is -4.56. The summed E-state index contributed by atoms with van der Waals surface area (Å²) in [6, 6.07) is 17.4. The number of rotatable bonds is 6. The average Bonchev–Trinajstić information content (AvgIpc) is 2.91. The van der Waals surface area contributed by atoms with Gasteiger partial charge in [-0.25, -0.2) is 15.0 Å². The summed E-state index contributed by atoms with van der Waals surface area (Å²) in [7, 11) is 1.21. The third-order valence-electron chi connectivity index (χ3n) is 6.12. The second-order valence-electron chi connectivity index (χ2n) is 8.53. The van der Waals surface area contributed by atoms with Crippen LogP contribution in [0.4, 0.5) is 30.6 Å². The SMILES string of the molecule is COc1ccc(Nc2nccc3c(-c4ccc5nc(NCC#N)ncc5c4)c(C)ccc23)cc1C(F)(F)F. The summed E-state index contributed by atoms with van der Waals surface area (Å²) in [4.78, 5) is 13.1. The topological polar surface area (TPSA) is 95.8 Å². The molecule has 0 fully saturated rings. The molecule has 190 valence electrons. The molecule has 0 bridgehead atoms. The Kier molecular flexibility index (Phi) is 6.43. The van der Waals surface area contributed by atoms with Gasteiger partial charge < -0.3 is 15.4 Å². The zero-order valence-corrected chi connectivity index (χ0v) is 20.4. The van der Waals surface area contributed by atoms with Crippen molar-refractivity contribution in [2.24, 2.45) is 0 Å². The zero-order chi connectivity index (χ0) is 26.9. The molecular weight excluding hydrogens is 493 g/mol. The number of aryl methyl sites for hydroxylation is 1. The van der Waals surface area contributed by atoms with Gasteiger partial charge in [-0.1, -0.05) is 18.2 Å². The molecule has 7 nitrogen and oxygen atoms in total. The molecule has 5 rings (SSSR count). The van der Waals surface area contributed by atoms with Crippen molar-refractivity contribution in [2.75, 3.05) is 24.3 Å². The summed E-state index contributed by atoms with van der Waals surface area (Å²) in [5, 5.41) is 17.1. The van der Waals surface area contributed by atoms with E-state index in [1.165, 1.54) is 19.2 Å². The predicted molar refractivity (Wildman–Crippen MR) is 140 cm³/mol. The number of pyridine rings is 1. The Morgan fingerprint density at radius 2 is 1.84 bits per heavy atom. The number of nitrogens with zero attached hydrogens (tertiary/aromatic N) is 4. The van der Waals surface area contributed by atoms with Gasteiger partial charge >= 0.3 is 6.18 Å². The fourth-order valence-corrected chi connectivity index (χ4v) is 4.38. The van der Waals surface area contributed by atoms with Crippen molar-refractivity contribution in [3.8, 4) is 22.9 Å². The first-order valence-corrected chi connectivity index (χ1v) is 11.6. The van der Waals surface area contributed by atoms with E-state index in [0.717, 1.165) is 44.4 Å². The highest BCUT2D eigenvalue weighted by Crippen LogP contribution is 2.40. The molecule has 0 aliphatic rings. The quantitative estimate of drug-likeness (QED) is 0.239. The van der Waals surface area contributed by atoms with Crippen molar-refractivity contribution in [1.82, 2.24) is 15.0 Å². The van der Waals surface area contributed by atoms with Gasteiger partial charge in [0.2, 0.25) is 5.95 Å². The molecule has 0 saturated carbocycles. The van der Waals surface area contributed by atoms with Crippen molar-refractivity contribution in [3.63, 3.8) is 0 Å². The number of benzene rings is 3. The van der Waals surface area contributed by atoms with E-state index in [1.807, 2.05) is 49.4 Å². The fraction of sp³-hybridized carbons (Fsp3) is 0.143. The summed E-state index contributed by atoms with van der Waals surface area (Å²) < 4.78 is 45.5. The molecule has 2 heterocycles. The highest BCUT2D eigenvalue weighted by molar-refractivity contribution is 6.04. The van der Waals surface area contributed by atoms with Crippen molar-refractivity contribution >= 4 is 39.1 Å². The number of ether oxygens (including phenoxy) is 1. The number of nitrogens with one attached hydrogen (secondary N) is 2. The van der Waals surface area contributed by atoms with Crippen LogP contribution < -0.4 is 15.4 Å². The van der Waals surface area contributed by atoms with Crippen LogP contribution in [0.15, 0.2) is 67.0 Å². The normalized spacial score (nSPS) is 11.4. The number of halogens is 3. The Hall–Kier alpha value is -4.91. The van der Waals surface area contributed by atoms with Crippen LogP contribution in [0, 0.1) is 18.3 Å². The lowest BCUT2D eigenvalue weighted by atomic mass is 9.93. The number of aromatic nitrogens is 3. The molecule has 0 amide bonds. The standard InChI is InChI=1S/C28H21F3N6O/c1-16-3-6-21-20(25(16)17-4-7-23-18(13-17)15-35-27(37-23)34-12-10-32)9-11-33-26(21)36-19-5-8-24(38-2)22(14-19)28(29,30)31/h3-9,11,13-15H,12H2,1-2H3,(H,33,36)(H,34,35,37). The molecule has 5 aromatic rings. The van der Waals surface area contributed by atoms with Crippen LogP contribution in [0.2, 0.25) is 0 Å². The summed E-state index contributed by atoms with van der Waals surface area (Å²) in [5.41, 5.74) is 3.02. The smallest absolute Gasteiger partial charge is 0.420 e. The van der Waals surface area contributed by atoms with E-state index in [2.05, 4.69) is 25.6 Å². The molecule has 0 aliphatic carbocycles. The lowest BCUT2D eigenvalue weighted by molar-refractivity contribution is -0.138. The Bertz CT molecular complexity index is 1710. The first kappa shape index (κ1) is 24.8. The lowest BCUT2D eigenvalue weighted by Gasteiger charge is -2.16. The largest absolute Gasteiger partial charge is 0.496 e. The summed E-state index contributed by atoms with van der Waals surface area (Å²) in [5.74, 6) is 0.557. The van der Waals surface area contributed by atoms with E-state index < -0.39 is 11.7 Å². The van der Waals surface area contributed by atoms with E-state index in [-0.39, 0.29) is 18.0 Å². The first-order valence-electron chi connectivity index (χ1n) is 11.6. The number of methoxy groups -OCH3 is 1. The Labute approximate surface area is 215 Å². The van der Waals surface area contributed by atoms with Crippen molar-refractivity contribution in [1.29, 1.82) is 5.26 Å². The fourth-order valence-electron chi connectivity index (χ4n) is 4.38. The van der Waals surface area contributed by atoms with Crippen LogP contribution in [0.3, 0.4) is 0 Å². The number of fused-ring (bicyclic) bond motifs is 2. The summed E-state index contributed by atoms with van der Waals surface area (Å²) >= 11 is 0. The van der Waals surface area contributed by atoms with Crippen molar-refractivity contribution in [2.45, 2.75) is 13.1 Å². The van der Waals surface area contributed by atoms with Crippen LogP contribution in [0.5, 0.6) is 5.75 Å². The maximum Gasteiger partial charge on any atom is 0.420 e. The molecule has 0 saturated heterocycles. The van der Waals surface area contributed by atoms with Crippen molar-refractivity contribution in [3.05, 3.63) is 78.1 Å². The highest BCUT2D eigenvalue weighted by atomic mass is 19.4. The van der Waals surface area contributed by atoms with Gasteiger partial charge in [0.05, 0.1) is 24.3 Å². The number of anilines is 3. The van der Waals surface area contributed by atoms with Gasteiger partial charge in [0.15, 0.2) is 0 Å². The summed E-state index contributed by atoms with van der Waals surface area (Å²) in [6.07, 6.45) is -1.24. The van der Waals surface area contributed by atoms with Crippen molar-refractivity contribution < 1.29 is 17.9 Å². The van der Waals surface area contributed by atoms with E-state index in [4.69, 9.17) is 10.00 Å². The van der Waals surface area contributed by atoms with E-state index in [9.17, 15) is 13.2 Å². The Balaban J connectivity index is 1.57. The minimum Gasteiger partial charge on any atom is -0.496 e. The molecule has 10 heteroatoms. The van der Waals surface area contributed by atoms with Crippen LogP contribution in [0.1, 0.15) is 11.1 Å². The van der Waals surface area contributed by atoms with Gasteiger partial charge in [0, 0.05) is 28.9 Å². The molecule has 0 atom stereocenters. The highest BCUT2D eigenvalue weighted by Gasteiger charge is 2.34. The van der Waals surface area contributed by atoms with E-state index >= 15 is 0 Å². The third kappa shape index (κ3) is 4.74. The number of nitriles is 1. The molecule has 0 aliphatic heterocycles. The molecule has 38 heavy (non-hydrogen) atoms. The maximum atomic E-state index is 13.5. The first-order chi connectivity index (χ1) is 18.3. The van der Waals surface area contributed by atoms with Gasteiger partial charge in [-0.15, -0.1) is 0 Å². The molecular formula is C28H21F3N6O. The molecule has 2 N–H and O–H groups in total. The maximum absolute atomic E-state index is 13.5. The van der Waals surface area contributed by atoms with Crippen LogP contribution >= 0.6 is 0 Å².